The fourth-order valence-corrected chi connectivity index (χ4v) is 1.50. The van der Waals surface area contributed by atoms with Gasteiger partial charge in [-0.3, -0.25) is 0 Å². The van der Waals surface area contributed by atoms with E-state index >= 15 is 0 Å². The molecule has 96 valence electrons. The second kappa shape index (κ2) is 5.90. The maximum Gasteiger partial charge on any atom is 0.186 e. The quantitative estimate of drug-likeness (QED) is 0.479. The highest BCUT2D eigenvalue weighted by atomic mass is 16.7. The van der Waals surface area contributed by atoms with Gasteiger partial charge in [-0.2, -0.15) is 0 Å². The molecule has 6 nitrogen and oxygen atoms in total. The van der Waals surface area contributed by atoms with Crippen molar-refractivity contribution in [1.29, 1.82) is 0 Å². The Balaban J connectivity index is 2.63. The van der Waals surface area contributed by atoms with Crippen LogP contribution in [0.3, 0.4) is 0 Å². The van der Waals surface area contributed by atoms with Gasteiger partial charge in [-0.15, -0.1) is 0 Å². The first-order valence-corrected chi connectivity index (χ1v) is 5.47. The first-order valence-electron chi connectivity index (χ1n) is 5.47. The van der Waals surface area contributed by atoms with Crippen LogP contribution in [-0.2, 0) is 9.47 Å². The first-order chi connectivity index (χ1) is 7.51. The molecule has 0 aromatic carbocycles. The molecule has 1 fully saturated rings. The Morgan fingerprint density at radius 1 is 1.19 bits per heavy atom. The number of ether oxygens (including phenoxy) is 2. The molecular weight excluding hydrogens is 216 g/mol. The van der Waals surface area contributed by atoms with Gasteiger partial charge in [0.05, 0.1) is 12.7 Å². The average molecular weight is 236 g/mol. The van der Waals surface area contributed by atoms with Gasteiger partial charge < -0.3 is 29.9 Å². The standard InChI is InChI=1S/C10H20O6/c1-3-5(2)15-10-9(14)8(13)7(12)6(4-11)16-10/h5-14H,3-4H2,1-2H3/t5?,6?,7-,8-,9?,10-/m0/s1. The Morgan fingerprint density at radius 3 is 2.31 bits per heavy atom. The van der Waals surface area contributed by atoms with Crippen LogP contribution < -0.4 is 0 Å². The van der Waals surface area contributed by atoms with E-state index in [4.69, 9.17) is 14.6 Å². The summed E-state index contributed by atoms with van der Waals surface area (Å²) in [5, 5.41) is 37.6. The minimum atomic E-state index is -1.38. The van der Waals surface area contributed by atoms with E-state index in [0.717, 1.165) is 6.42 Å². The molecule has 1 aliphatic heterocycles. The van der Waals surface area contributed by atoms with Gasteiger partial charge in [0.15, 0.2) is 6.29 Å². The second-order valence-electron chi connectivity index (χ2n) is 4.05. The minimum Gasteiger partial charge on any atom is -0.394 e. The lowest BCUT2D eigenvalue weighted by Crippen LogP contribution is -2.59. The number of hydrogen-bond donors (Lipinski definition) is 4. The van der Waals surface area contributed by atoms with Crippen molar-refractivity contribution >= 4 is 0 Å². The van der Waals surface area contributed by atoms with Crippen LogP contribution in [0.15, 0.2) is 0 Å². The van der Waals surface area contributed by atoms with E-state index in [9.17, 15) is 15.3 Å². The van der Waals surface area contributed by atoms with Crippen molar-refractivity contribution in [3.05, 3.63) is 0 Å². The van der Waals surface area contributed by atoms with Crippen LogP contribution in [-0.4, -0.2) is 63.8 Å². The Kier molecular flexibility index (Phi) is 5.10. The normalized spacial score (nSPS) is 42.0. The number of aliphatic hydroxyl groups excluding tert-OH is 4. The third-order valence-electron chi connectivity index (χ3n) is 2.79. The third kappa shape index (κ3) is 2.91. The summed E-state index contributed by atoms with van der Waals surface area (Å²) in [6.07, 6.45) is -5.36. The maximum atomic E-state index is 9.62. The van der Waals surface area contributed by atoms with E-state index in [1.807, 2.05) is 6.92 Å². The summed E-state index contributed by atoms with van der Waals surface area (Å²) in [4.78, 5) is 0. The molecule has 0 bridgehead atoms. The molecule has 0 spiro atoms. The van der Waals surface area contributed by atoms with Gasteiger partial charge in [0.2, 0.25) is 0 Å². The van der Waals surface area contributed by atoms with Crippen LogP contribution in [0, 0.1) is 0 Å². The first kappa shape index (κ1) is 13.8. The molecule has 1 heterocycles. The van der Waals surface area contributed by atoms with E-state index in [1.54, 1.807) is 6.92 Å². The second-order valence-corrected chi connectivity index (χ2v) is 4.05. The van der Waals surface area contributed by atoms with Crippen LogP contribution in [0.25, 0.3) is 0 Å². The van der Waals surface area contributed by atoms with Gasteiger partial charge in [-0.25, -0.2) is 0 Å². The van der Waals surface area contributed by atoms with Gasteiger partial charge in [-0.1, -0.05) is 6.92 Å². The van der Waals surface area contributed by atoms with Crippen molar-refractivity contribution in [2.45, 2.75) is 57.1 Å². The Hall–Kier alpha value is -0.240. The van der Waals surface area contributed by atoms with Gasteiger partial charge in [-0.05, 0) is 13.3 Å². The molecule has 3 unspecified atom stereocenters. The molecule has 0 aromatic heterocycles. The van der Waals surface area contributed by atoms with Gasteiger partial charge in [0.25, 0.3) is 0 Å². The zero-order valence-electron chi connectivity index (χ0n) is 9.48. The molecule has 1 rings (SSSR count). The highest BCUT2D eigenvalue weighted by molar-refractivity contribution is 4.89. The summed E-state index contributed by atoms with van der Waals surface area (Å²) in [5.74, 6) is 0. The molecule has 16 heavy (non-hydrogen) atoms. The molecule has 0 saturated carbocycles. The van der Waals surface area contributed by atoms with Crippen molar-refractivity contribution in [3.8, 4) is 0 Å². The lowest BCUT2D eigenvalue weighted by molar-refractivity contribution is -0.310. The maximum absolute atomic E-state index is 9.62. The summed E-state index contributed by atoms with van der Waals surface area (Å²) < 4.78 is 10.5. The van der Waals surface area contributed by atoms with Crippen LogP contribution in [0.1, 0.15) is 20.3 Å². The van der Waals surface area contributed by atoms with Gasteiger partial charge in [0.1, 0.15) is 24.4 Å². The molecular formula is C10H20O6. The Bertz CT molecular complexity index is 209. The molecule has 6 heteroatoms. The average Bonchev–Trinajstić information content (AvgIpc) is 2.29. The molecule has 1 saturated heterocycles. The monoisotopic (exact) mass is 236 g/mol. The smallest absolute Gasteiger partial charge is 0.186 e. The van der Waals surface area contributed by atoms with Crippen LogP contribution in [0.2, 0.25) is 0 Å². The van der Waals surface area contributed by atoms with Crippen molar-refractivity contribution in [3.63, 3.8) is 0 Å². The van der Waals surface area contributed by atoms with Crippen molar-refractivity contribution < 1.29 is 29.9 Å². The SMILES string of the molecule is CCC(C)O[C@H]1OC(CO)[C@H](O)[C@H](O)C1O. The number of rotatable bonds is 4. The van der Waals surface area contributed by atoms with Gasteiger partial charge in [0, 0.05) is 0 Å². The molecule has 4 N–H and O–H groups in total. The fraction of sp³-hybridized carbons (Fsp3) is 1.00. The Morgan fingerprint density at radius 2 is 1.81 bits per heavy atom. The molecule has 6 atom stereocenters. The van der Waals surface area contributed by atoms with Crippen LogP contribution in [0.4, 0.5) is 0 Å². The predicted molar refractivity (Wildman–Crippen MR) is 54.6 cm³/mol. The predicted octanol–water partition coefficient (Wildman–Crippen LogP) is -1.40. The van der Waals surface area contributed by atoms with E-state index < -0.39 is 37.3 Å². The largest absolute Gasteiger partial charge is 0.394 e. The third-order valence-corrected chi connectivity index (χ3v) is 2.79. The minimum absolute atomic E-state index is 0.138. The lowest BCUT2D eigenvalue weighted by Gasteiger charge is -2.40. The van der Waals surface area contributed by atoms with Crippen LogP contribution in [0.5, 0.6) is 0 Å². The van der Waals surface area contributed by atoms with Crippen molar-refractivity contribution in [1.82, 2.24) is 0 Å². The zero-order chi connectivity index (χ0) is 12.3. The summed E-state index contributed by atoms with van der Waals surface area (Å²) in [6, 6.07) is 0. The van der Waals surface area contributed by atoms with Crippen LogP contribution >= 0.6 is 0 Å². The Labute approximate surface area is 94.4 Å². The van der Waals surface area contributed by atoms with E-state index in [0.29, 0.717) is 0 Å². The zero-order valence-corrected chi connectivity index (χ0v) is 9.48. The fourth-order valence-electron chi connectivity index (χ4n) is 1.50. The number of hydrogen-bond acceptors (Lipinski definition) is 6. The highest BCUT2D eigenvalue weighted by Crippen LogP contribution is 2.23. The molecule has 0 amide bonds. The highest BCUT2D eigenvalue weighted by Gasteiger charge is 2.44. The van der Waals surface area contributed by atoms with Crippen molar-refractivity contribution in [2.75, 3.05) is 6.61 Å². The van der Waals surface area contributed by atoms with Gasteiger partial charge >= 0.3 is 0 Å². The molecule has 0 aliphatic carbocycles. The summed E-state index contributed by atoms with van der Waals surface area (Å²) in [5.41, 5.74) is 0. The summed E-state index contributed by atoms with van der Waals surface area (Å²) in [6.45, 7) is 3.28. The van der Waals surface area contributed by atoms with E-state index in [1.165, 1.54) is 0 Å². The molecule has 1 aliphatic rings. The van der Waals surface area contributed by atoms with E-state index in [2.05, 4.69) is 0 Å². The summed E-state index contributed by atoms with van der Waals surface area (Å²) >= 11 is 0. The number of aliphatic hydroxyl groups is 4. The summed E-state index contributed by atoms with van der Waals surface area (Å²) in [7, 11) is 0. The van der Waals surface area contributed by atoms with Crippen molar-refractivity contribution in [2.24, 2.45) is 0 Å². The molecule has 0 aromatic rings. The topological polar surface area (TPSA) is 99.4 Å². The molecule has 0 radical (unpaired) electrons. The van der Waals surface area contributed by atoms with E-state index in [-0.39, 0.29) is 6.10 Å². The lowest BCUT2D eigenvalue weighted by atomic mass is 9.99.